The smallest absolute Gasteiger partial charge is 0.335 e. The van der Waals surface area contributed by atoms with Gasteiger partial charge in [0.05, 0.1) is 16.6 Å². The van der Waals surface area contributed by atoms with E-state index in [1.165, 1.54) is 24.8 Å². The highest BCUT2D eigenvalue weighted by atomic mass is 16.4. The zero-order valence-electron chi connectivity index (χ0n) is 24.8. The van der Waals surface area contributed by atoms with Crippen LogP contribution in [-0.4, -0.2) is 26.5 Å². The Bertz CT molecular complexity index is 1360. The van der Waals surface area contributed by atoms with Crippen LogP contribution in [0, 0.1) is 13.8 Å². The van der Waals surface area contributed by atoms with Gasteiger partial charge in [0.2, 0.25) is 5.91 Å². The predicted octanol–water partition coefficient (Wildman–Crippen LogP) is 9.04. The number of aromatic nitrogens is 2. The van der Waals surface area contributed by atoms with Crippen molar-refractivity contribution in [3.63, 3.8) is 0 Å². The van der Waals surface area contributed by atoms with Crippen molar-refractivity contribution in [3.8, 4) is 0 Å². The molecule has 3 aromatic rings. The minimum atomic E-state index is -0.932. The molecule has 2 N–H and O–H groups in total. The van der Waals surface area contributed by atoms with E-state index < -0.39 is 5.97 Å². The molecule has 0 unspecified atom stereocenters. The Kier molecular flexibility index (Phi) is 11.7. The number of fused-ring (bicyclic) bond motifs is 1. The first-order chi connectivity index (χ1) is 19.4. The molecule has 0 bridgehead atoms. The van der Waals surface area contributed by atoms with Crippen LogP contribution in [0.15, 0.2) is 54.1 Å². The summed E-state index contributed by atoms with van der Waals surface area (Å²) in [5.74, 6) is -0.0188. The average Bonchev–Trinajstić information content (AvgIpc) is 3.32. The van der Waals surface area contributed by atoms with E-state index in [1.54, 1.807) is 12.1 Å². The van der Waals surface area contributed by atoms with Crippen LogP contribution in [0.4, 0.5) is 5.69 Å². The Morgan fingerprint density at radius 3 is 2.50 bits per heavy atom. The molecule has 0 spiro atoms. The standard InChI is InChI=1S/C32H39N3O3.C2H6/c1-4-24(20-31(36)34-27-17-15-22(2)19-23(27)3)11-7-5-10-14-30-33-28-21-25(32(37)38)16-18-29(28)35(30)26-12-8-6-9-13-26;1-2/h4,10,14-19,21,26H,5-9,11-13,20H2,1-3H3,(H,34,36)(H,37,38);1-2H3/b14-10+,24-4+;. The average molecular weight is 544 g/mol. The van der Waals surface area contributed by atoms with Crippen molar-refractivity contribution in [2.75, 3.05) is 5.32 Å². The normalized spacial score (nSPS) is 14.3. The third-order valence-corrected chi connectivity index (χ3v) is 7.49. The molecular formula is C34H45N3O3. The Labute approximate surface area is 239 Å². The summed E-state index contributed by atoms with van der Waals surface area (Å²) < 4.78 is 2.31. The van der Waals surface area contributed by atoms with Crippen LogP contribution in [0.1, 0.15) is 112 Å². The van der Waals surface area contributed by atoms with E-state index in [2.05, 4.69) is 28.1 Å². The first kappa shape index (κ1) is 30.9. The molecule has 6 nitrogen and oxygen atoms in total. The zero-order valence-corrected chi connectivity index (χ0v) is 24.8. The first-order valence-corrected chi connectivity index (χ1v) is 14.8. The molecule has 1 aromatic heterocycles. The lowest BCUT2D eigenvalue weighted by Crippen LogP contribution is -2.14. The van der Waals surface area contributed by atoms with Crippen molar-refractivity contribution in [1.82, 2.24) is 9.55 Å². The summed E-state index contributed by atoms with van der Waals surface area (Å²) >= 11 is 0. The zero-order chi connectivity index (χ0) is 29.1. The molecule has 214 valence electrons. The van der Waals surface area contributed by atoms with Gasteiger partial charge in [-0.05, 0) is 88.8 Å². The molecule has 0 aliphatic heterocycles. The van der Waals surface area contributed by atoms with E-state index in [1.807, 2.05) is 58.9 Å². The molecule has 1 saturated carbocycles. The maximum atomic E-state index is 12.6. The molecule has 1 fully saturated rings. The monoisotopic (exact) mass is 543 g/mol. The van der Waals surface area contributed by atoms with Crippen LogP contribution in [0.5, 0.6) is 0 Å². The van der Waals surface area contributed by atoms with Gasteiger partial charge in [-0.3, -0.25) is 4.79 Å². The summed E-state index contributed by atoms with van der Waals surface area (Å²) in [6, 6.07) is 11.7. The van der Waals surface area contributed by atoms with Gasteiger partial charge in [-0.1, -0.05) is 68.5 Å². The molecule has 0 radical (unpaired) electrons. The largest absolute Gasteiger partial charge is 0.478 e. The second-order valence-corrected chi connectivity index (χ2v) is 10.4. The number of anilines is 1. The van der Waals surface area contributed by atoms with Gasteiger partial charge in [-0.15, -0.1) is 0 Å². The van der Waals surface area contributed by atoms with Crippen LogP contribution in [0.3, 0.4) is 0 Å². The van der Waals surface area contributed by atoms with Crippen LogP contribution in [-0.2, 0) is 4.79 Å². The molecule has 4 rings (SSSR count). The lowest BCUT2D eigenvalue weighted by molar-refractivity contribution is -0.115. The van der Waals surface area contributed by atoms with Crippen molar-refractivity contribution < 1.29 is 14.7 Å². The number of carboxylic acids is 1. The van der Waals surface area contributed by atoms with Gasteiger partial charge in [0.1, 0.15) is 5.82 Å². The molecule has 40 heavy (non-hydrogen) atoms. The van der Waals surface area contributed by atoms with Crippen molar-refractivity contribution >= 4 is 34.7 Å². The Hall–Kier alpha value is -3.67. The topological polar surface area (TPSA) is 84.2 Å². The minimum absolute atomic E-state index is 0.0162. The molecule has 0 saturated heterocycles. The van der Waals surface area contributed by atoms with Crippen LogP contribution in [0.2, 0.25) is 0 Å². The SMILES string of the molecule is C/C=C(\CCC/C=C/c1nc2cc(C(=O)O)ccc2n1C1CCCCC1)CC(=O)Nc1ccc(C)cc1C.CC. The summed E-state index contributed by atoms with van der Waals surface area (Å²) in [4.78, 5) is 28.9. The third kappa shape index (κ3) is 8.17. The number of amides is 1. The van der Waals surface area contributed by atoms with E-state index in [0.717, 1.165) is 65.8 Å². The first-order valence-electron chi connectivity index (χ1n) is 14.8. The van der Waals surface area contributed by atoms with Gasteiger partial charge in [0.15, 0.2) is 0 Å². The predicted molar refractivity (Wildman–Crippen MR) is 166 cm³/mol. The van der Waals surface area contributed by atoms with Crippen molar-refractivity contribution in [2.24, 2.45) is 0 Å². The van der Waals surface area contributed by atoms with Crippen molar-refractivity contribution in [1.29, 1.82) is 0 Å². The molecular weight excluding hydrogens is 498 g/mol. The maximum absolute atomic E-state index is 12.6. The number of aryl methyl sites for hydroxylation is 2. The van der Waals surface area contributed by atoms with Crippen LogP contribution < -0.4 is 5.32 Å². The van der Waals surface area contributed by atoms with Gasteiger partial charge in [0.25, 0.3) is 0 Å². The second-order valence-electron chi connectivity index (χ2n) is 10.4. The second kappa shape index (κ2) is 15.2. The summed E-state index contributed by atoms with van der Waals surface area (Å²) in [6.45, 7) is 10.1. The number of aromatic carboxylic acids is 1. The van der Waals surface area contributed by atoms with Crippen LogP contribution >= 0.6 is 0 Å². The number of carbonyl (C=O) groups excluding carboxylic acids is 1. The van der Waals surface area contributed by atoms with Gasteiger partial charge in [0, 0.05) is 18.2 Å². The number of rotatable bonds is 10. The molecule has 6 heteroatoms. The number of nitrogens with one attached hydrogen (secondary N) is 1. The fourth-order valence-corrected chi connectivity index (χ4v) is 5.42. The summed E-state index contributed by atoms with van der Waals surface area (Å²) in [7, 11) is 0. The van der Waals surface area contributed by atoms with Crippen LogP contribution in [0.25, 0.3) is 17.1 Å². The summed E-state index contributed by atoms with van der Waals surface area (Å²) in [6.07, 6.45) is 15.3. The molecule has 1 aliphatic carbocycles. The minimum Gasteiger partial charge on any atom is -0.478 e. The Balaban J connectivity index is 0.00000216. The highest BCUT2D eigenvalue weighted by Crippen LogP contribution is 2.33. The molecule has 1 heterocycles. The molecule has 1 aliphatic rings. The van der Waals surface area contributed by atoms with E-state index >= 15 is 0 Å². The Morgan fingerprint density at radius 1 is 1.07 bits per heavy atom. The number of nitrogens with zero attached hydrogens (tertiary/aromatic N) is 2. The fourth-order valence-electron chi connectivity index (χ4n) is 5.42. The fraction of sp³-hybridized carbons (Fsp3) is 0.441. The molecule has 0 atom stereocenters. The lowest BCUT2D eigenvalue weighted by Gasteiger charge is -2.25. The van der Waals surface area contributed by atoms with Gasteiger partial charge in [-0.25, -0.2) is 9.78 Å². The van der Waals surface area contributed by atoms with E-state index in [4.69, 9.17) is 4.98 Å². The maximum Gasteiger partial charge on any atom is 0.335 e. The van der Waals surface area contributed by atoms with Crippen molar-refractivity contribution in [2.45, 2.75) is 98.4 Å². The number of benzene rings is 2. The number of allylic oxidation sites excluding steroid dienone is 2. The third-order valence-electron chi connectivity index (χ3n) is 7.49. The quantitative estimate of drug-likeness (QED) is 0.197. The highest BCUT2D eigenvalue weighted by molar-refractivity contribution is 5.93. The summed E-state index contributed by atoms with van der Waals surface area (Å²) in [5.41, 5.74) is 6.27. The lowest BCUT2D eigenvalue weighted by atomic mass is 9.95. The number of carboxylic acid groups (broad SMARTS) is 1. The number of hydrogen-bond acceptors (Lipinski definition) is 3. The van der Waals surface area contributed by atoms with Gasteiger partial charge < -0.3 is 15.0 Å². The number of imidazole rings is 1. The number of unbranched alkanes of at least 4 members (excludes halogenated alkanes) is 1. The highest BCUT2D eigenvalue weighted by Gasteiger charge is 2.21. The van der Waals surface area contributed by atoms with E-state index in [9.17, 15) is 14.7 Å². The molecule has 1 amide bonds. The van der Waals surface area contributed by atoms with Crippen molar-refractivity contribution in [3.05, 3.63) is 76.6 Å². The van der Waals surface area contributed by atoms with E-state index in [0.29, 0.717) is 12.5 Å². The Morgan fingerprint density at radius 2 is 1.82 bits per heavy atom. The number of hydrogen-bond donors (Lipinski definition) is 2. The molecule has 2 aromatic carbocycles. The van der Waals surface area contributed by atoms with E-state index in [-0.39, 0.29) is 11.5 Å². The number of carbonyl (C=O) groups is 2. The van der Waals surface area contributed by atoms with Gasteiger partial charge in [-0.2, -0.15) is 0 Å². The van der Waals surface area contributed by atoms with Gasteiger partial charge >= 0.3 is 5.97 Å². The summed E-state index contributed by atoms with van der Waals surface area (Å²) in [5, 5.41) is 12.5.